The van der Waals surface area contributed by atoms with Gasteiger partial charge < -0.3 is 14.2 Å². The highest BCUT2D eigenvalue weighted by atomic mass is 16.5. The average Bonchev–Trinajstić information content (AvgIpc) is 2.68. The van der Waals surface area contributed by atoms with Gasteiger partial charge in [0, 0.05) is 0 Å². The Morgan fingerprint density at radius 1 is 0.786 bits per heavy atom. The molecule has 2 aromatic rings. The van der Waals surface area contributed by atoms with Crippen LogP contribution in [0.5, 0.6) is 11.5 Å². The standard InChI is InChI=1S/C23H28O5/c1-4-5-6-7-16-26-20-12-8-19(9-13-20)23(25)28-21-14-10-18(11-15-21)22(24)27-17(2)3/h8-15,17H,4-7,16H2,1-3H3. The van der Waals surface area contributed by atoms with Crippen LogP contribution in [-0.4, -0.2) is 24.6 Å². The molecule has 0 aliphatic heterocycles. The predicted octanol–water partition coefficient (Wildman–Crippen LogP) is 5.43. The predicted molar refractivity (Wildman–Crippen MR) is 108 cm³/mol. The molecule has 2 aromatic carbocycles. The number of unbranched alkanes of at least 4 members (excludes halogenated alkanes) is 3. The summed E-state index contributed by atoms with van der Waals surface area (Å²) >= 11 is 0. The molecule has 150 valence electrons. The number of esters is 2. The number of hydrogen-bond acceptors (Lipinski definition) is 5. The van der Waals surface area contributed by atoms with E-state index in [1.54, 1.807) is 62.4 Å². The molecule has 5 heteroatoms. The largest absolute Gasteiger partial charge is 0.494 e. The summed E-state index contributed by atoms with van der Waals surface area (Å²) in [4.78, 5) is 24.1. The van der Waals surface area contributed by atoms with Gasteiger partial charge in [-0.15, -0.1) is 0 Å². The number of hydrogen-bond donors (Lipinski definition) is 0. The van der Waals surface area contributed by atoms with Crippen molar-refractivity contribution < 1.29 is 23.8 Å². The van der Waals surface area contributed by atoms with Crippen molar-refractivity contribution >= 4 is 11.9 Å². The van der Waals surface area contributed by atoms with E-state index in [-0.39, 0.29) is 6.10 Å². The third-order valence-electron chi connectivity index (χ3n) is 4.00. The van der Waals surface area contributed by atoms with Crippen LogP contribution in [0.2, 0.25) is 0 Å². The Kier molecular flexibility index (Phi) is 8.53. The summed E-state index contributed by atoms with van der Waals surface area (Å²) in [7, 11) is 0. The van der Waals surface area contributed by atoms with Crippen LogP contribution in [0, 0.1) is 0 Å². The van der Waals surface area contributed by atoms with E-state index in [2.05, 4.69) is 6.92 Å². The maximum absolute atomic E-state index is 12.3. The van der Waals surface area contributed by atoms with Crippen molar-refractivity contribution in [3.63, 3.8) is 0 Å². The fourth-order valence-corrected chi connectivity index (χ4v) is 2.51. The van der Waals surface area contributed by atoms with E-state index in [4.69, 9.17) is 14.2 Å². The van der Waals surface area contributed by atoms with Crippen molar-refractivity contribution in [2.24, 2.45) is 0 Å². The van der Waals surface area contributed by atoms with E-state index >= 15 is 0 Å². The lowest BCUT2D eigenvalue weighted by molar-refractivity contribution is 0.0378. The molecular weight excluding hydrogens is 356 g/mol. The lowest BCUT2D eigenvalue weighted by Gasteiger charge is -2.09. The number of ether oxygens (including phenoxy) is 3. The minimum absolute atomic E-state index is 0.187. The van der Waals surface area contributed by atoms with Crippen LogP contribution >= 0.6 is 0 Å². The van der Waals surface area contributed by atoms with Gasteiger partial charge in [-0.1, -0.05) is 26.2 Å². The molecule has 0 heterocycles. The molecule has 0 fully saturated rings. The molecule has 0 N–H and O–H groups in total. The molecule has 0 saturated heterocycles. The Balaban J connectivity index is 1.86. The fraction of sp³-hybridized carbons (Fsp3) is 0.391. The molecule has 2 rings (SSSR count). The summed E-state index contributed by atoms with van der Waals surface area (Å²) in [6.07, 6.45) is 4.41. The van der Waals surface area contributed by atoms with Gasteiger partial charge in [0.2, 0.25) is 0 Å². The number of carbonyl (C=O) groups excluding carboxylic acids is 2. The third kappa shape index (κ3) is 7.06. The van der Waals surface area contributed by atoms with Gasteiger partial charge in [0.15, 0.2) is 0 Å². The van der Waals surface area contributed by atoms with Crippen LogP contribution < -0.4 is 9.47 Å². The van der Waals surface area contributed by atoms with E-state index in [0.29, 0.717) is 23.5 Å². The summed E-state index contributed by atoms with van der Waals surface area (Å²) in [5, 5.41) is 0. The second-order valence-electron chi connectivity index (χ2n) is 6.80. The highest BCUT2D eigenvalue weighted by Crippen LogP contribution is 2.17. The monoisotopic (exact) mass is 384 g/mol. The first-order valence-electron chi connectivity index (χ1n) is 9.75. The van der Waals surface area contributed by atoms with Gasteiger partial charge in [0.25, 0.3) is 0 Å². The second kappa shape index (κ2) is 11.1. The van der Waals surface area contributed by atoms with E-state index < -0.39 is 11.9 Å². The molecule has 28 heavy (non-hydrogen) atoms. The zero-order valence-corrected chi connectivity index (χ0v) is 16.8. The van der Waals surface area contributed by atoms with Crippen LogP contribution in [0.4, 0.5) is 0 Å². The van der Waals surface area contributed by atoms with Crippen molar-refractivity contribution in [1.82, 2.24) is 0 Å². The van der Waals surface area contributed by atoms with E-state index in [9.17, 15) is 9.59 Å². The minimum atomic E-state index is -0.466. The Morgan fingerprint density at radius 2 is 1.36 bits per heavy atom. The summed E-state index contributed by atoms with van der Waals surface area (Å²) in [5.41, 5.74) is 0.843. The molecule has 0 spiro atoms. The molecule has 0 unspecified atom stereocenters. The van der Waals surface area contributed by atoms with Gasteiger partial charge in [0.1, 0.15) is 11.5 Å². The molecule has 0 aliphatic carbocycles. The van der Waals surface area contributed by atoms with Crippen LogP contribution in [0.1, 0.15) is 67.2 Å². The van der Waals surface area contributed by atoms with Crippen molar-refractivity contribution in [3.8, 4) is 11.5 Å². The van der Waals surface area contributed by atoms with Gasteiger partial charge >= 0.3 is 11.9 Å². The van der Waals surface area contributed by atoms with Gasteiger partial charge in [-0.3, -0.25) is 0 Å². The molecule has 0 aromatic heterocycles. The summed E-state index contributed by atoms with van der Waals surface area (Å²) in [6, 6.07) is 13.2. The molecule has 0 saturated carbocycles. The second-order valence-corrected chi connectivity index (χ2v) is 6.80. The average molecular weight is 384 g/mol. The molecule has 0 radical (unpaired) electrons. The zero-order valence-electron chi connectivity index (χ0n) is 16.8. The van der Waals surface area contributed by atoms with E-state index in [1.165, 1.54) is 12.8 Å². The highest BCUT2D eigenvalue weighted by molar-refractivity contribution is 5.92. The lowest BCUT2D eigenvalue weighted by Crippen LogP contribution is -2.12. The van der Waals surface area contributed by atoms with E-state index in [1.807, 2.05) is 0 Å². The van der Waals surface area contributed by atoms with Gasteiger partial charge in [-0.05, 0) is 68.8 Å². The maximum Gasteiger partial charge on any atom is 0.343 e. The molecule has 0 amide bonds. The van der Waals surface area contributed by atoms with Crippen LogP contribution in [0.25, 0.3) is 0 Å². The highest BCUT2D eigenvalue weighted by Gasteiger charge is 2.12. The van der Waals surface area contributed by atoms with Crippen molar-refractivity contribution in [2.45, 2.75) is 52.6 Å². The van der Waals surface area contributed by atoms with Gasteiger partial charge in [0.05, 0.1) is 23.8 Å². The van der Waals surface area contributed by atoms with Gasteiger partial charge in [-0.25, -0.2) is 9.59 Å². The van der Waals surface area contributed by atoms with Crippen molar-refractivity contribution in [2.75, 3.05) is 6.61 Å². The lowest BCUT2D eigenvalue weighted by atomic mass is 10.2. The Labute approximate surface area is 166 Å². The quantitative estimate of drug-likeness (QED) is 0.310. The number of carbonyl (C=O) groups is 2. The summed E-state index contributed by atoms with van der Waals surface area (Å²) in [6.45, 7) is 6.43. The fourth-order valence-electron chi connectivity index (χ4n) is 2.51. The Morgan fingerprint density at radius 3 is 1.93 bits per heavy atom. The van der Waals surface area contributed by atoms with Crippen LogP contribution in [0.3, 0.4) is 0 Å². The Hall–Kier alpha value is -2.82. The zero-order chi connectivity index (χ0) is 20.4. The SMILES string of the molecule is CCCCCCOc1ccc(C(=O)Oc2ccc(C(=O)OC(C)C)cc2)cc1. The van der Waals surface area contributed by atoms with Gasteiger partial charge in [-0.2, -0.15) is 0 Å². The first-order chi connectivity index (χ1) is 13.5. The smallest absolute Gasteiger partial charge is 0.343 e. The topological polar surface area (TPSA) is 61.8 Å². The Bertz CT molecular complexity index is 748. The van der Waals surface area contributed by atoms with Crippen molar-refractivity contribution in [3.05, 3.63) is 59.7 Å². The maximum atomic E-state index is 12.3. The van der Waals surface area contributed by atoms with E-state index in [0.717, 1.165) is 18.6 Å². The minimum Gasteiger partial charge on any atom is -0.494 e. The van der Waals surface area contributed by atoms with Crippen LogP contribution in [-0.2, 0) is 4.74 Å². The first kappa shape index (κ1) is 21.5. The number of rotatable bonds is 10. The first-order valence-corrected chi connectivity index (χ1v) is 9.75. The molecular formula is C23H28O5. The van der Waals surface area contributed by atoms with Crippen LogP contribution in [0.15, 0.2) is 48.5 Å². The molecule has 0 bridgehead atoms. The number of benzene rings is 2. The summed E-state index contributed by atoms with van der Waals surface area (Å²) in [5.74, 6) is 0.230. The molecule has 0 aliphatic rings. The summed E-state index contributed by atoms with van der Waals surface area (Å²) < 4.78 is 16.1. The van der Waals surface area contributed by atoms with Crippen molar-refractivity contribution in [1.29, 1.82) is 0 Å². The molecule has 0 atom stereocenters. The molecule has 5 nitrogen and oxygen atoms in total. The third-order valence-corrected chi connectivity index (χ3v) is 4.00. The normalized spacial score (nSPS) is 10.6.